The molecule has 156 valence electrons. The third-order valence-electron chi connectivity index (χ3n) is 5.14. The second-order valence-electron chi connectivity index (χ2n) is 7.22. The number of nitrogens with zero attached hydrogens (tertiary/aromatic N) is 5. The van der Waals surface area contributed by atoms with Gasteiger partial charge in [-0.3, -0.25) is 9.78 Å². The number of para-hydroxylation sites is 2. The van der Waals surface area contributed by atoms with E-state index in [1.54, 1.807) is 21.8 Å². The van der Waals surface area contributed by atoms with Crippen LogP contribution in [0, 0.1) is 0 Å². The Kier molecular flexibility index (Phi) is 5.39. The highest BCUT2D eigenvalue weighted by Crippen LogP contribution is 2.20. The molecule has 0 bridgehead atoms. The van der Waals surface area contributed by atoms with E-state index in [0.29, 0.717) is 31.0 Å². The van der Waals surface area contributed by atoms with Crippen LogP contribution in [0.4, 0.5) is 0 Å². The van der Waals surface area contributed by atoms with Crippen molar-refractivity contribution in [3.05, 3.63) is 84.3 Å². The van der Waals surface area contributed by atoms with Crippen LogP contribution in [0.1, 0.15) is 16.1 Å². The number of pyridine rings is 1. The van der Waals surface area contributed by atoms with E-state index in [1.165, 1.54) is 0 Å². The van der Waals surface area contributed by atoms with Crippen molar-refractivity contribution in [1.29, 1.82) is 0 Å². The Morgan fingerprint density at radius 3 is 2.65 bits per heavy atom. The minimum Gasteiger partial charge on any atom is -0.348 e. The highest BCUT2D eigenvalue weighted by Gasteiger charge is 2.26. The normalized spacial score (nSPS) is 14.2. The lowest BCUT2D eigenvalue weighted by Crippen LogP contribution is -2.37. The molecule has 31 heavy (non-hydrogen) atoms. The Labute approximate surface area is 179 Å². The summed E-state index contributed by atoms with van der Waals surface area (Å²) in [6, 6.07) is 19.1. The first-order valence-electron chi connectivity index (χ1n) is 10.1. The first-order valence-corrected chi connectivity index (χ1v) is 10.1. The predicted octanol–water partition coefficient (Wildman–Crippen LogP) is 2.83. The number of carbonyl (C=O) groups excluding carboxylic acids is 1. The Morgan fingerprint density at radius 1 is 1.03 bits per heavy atom. The zero-order valence-electron chi connectivity index (χ0n) is 16.8. The summed E-state index contributed by atoms with van der Waals surface area (Å²) in [5.74, 6) is -0.132. The molecule has 0 atom stereocenters. The van der Waals surface area contributed by atoms with Crippen molar-refractivity contribution in [2.24, 2.45) is 0 Å². The van der Waals surface area contributed by atoms with Gasteiger partial charge in [0.15, 0.2) is 6.29 Å². The SMILES string of the molecule is O=C(c1ccnc2ccccc12)N(Cc1cn(-c2ccccc2)nn1)CC1OCCO1. The molecule has 0 radical (unpaired) electrons. The fraction of sp³-hybridized carbons (Fsp3) is 0.217. The van der Waals surface area contributed by atoms with Gasteiger partial charge in [0, 0.05) is 11.6 Å². The van der Waals surface area contributed by atoms with Gasteiger partial charge >= 0.3 is 0 Å². The van der Waals surface area contributed by atoms with Crippen LogP contribution in [0.2, 0.25) is 0 Å². The van der Waals surface area contributed by atoms with E-state index in [9.17, 15) is 4.79 Å². The van der Waals surface area contributed by atoms with E-state index in [2.05, 4.69) is 15.3 Å². The van der Waals surface area contributed by atoms with Gasteiger partial charge < -0.3 is 14.4 Å². The molecule has 8 heteroatoms. The zero-order chi connectivity index (χ0) is 21.0. The van der Waals surface area contributed by atoms with E-state index < -0.39 is 6.29 Å². The molecule has 8 nitrogen and oxygen atoms in total. The van der Waals surface area contributed by atoms with Gasteiger partial charge in [-0.25, -0.2) is 4.68 Å². The molecule has 4 aromatic rings. The molecule has 2 aromatic heterocycles. The number of ether oxygens (including phenoxy) is 2. The van der Waals surface area contributed by atoms with E-state index in [4.69, 9.17) is 9.47 Å². The van der Waals surface area contributed by atoms with Crippen LogP contribution in [-0.2, 0) is 16.0 Å². The average molecular weight is 415 g/mol. The quantitative estimate of drug-likeness (QED) is 0.482. The lowest BCUT2D eigenvalue weighted by Gasteiger charge is -2.24. The van der Waals surface area contributed by atoms with Gasteiger partial charge in [0.25, 0.3) is 5.91 Å². The minimum atomic E-state index is -0.457. The topological polar surface area (TPSA) is 82.4 Å². The van der Waals surface area contributed by atoms with Crippen molar-refractivity contribution < 1.29 is 14.3 Å². The van der Waals surface area contributed by atoms with Gasteiger partial charge in [-0.1, -0.05) is 41.6 Å². The molecule has 1 saturated heterocycles. The van der Waals surface area contributed by atoms with E-state index in [-0.39, 0.29) is 12.5 Å². The summed E-state index contributed by atoms with van der Waals surface area (Å²) in [5.41, 5.74) is 2.94. The molecule has 1 fully saturated rings. The van der Waals surface area contributed by atoms with Crippen molar-refractivity contribution >= 4 is 16.8 Å². The number of aromatic nitrogens is 4. The van der Waals surface area contributed by atoms with Crippen LogP contribution in [0.15, 0.2) is 73.1 Å². The fourth-order valence-electron chi connectivity index (χ4n) is 3.64. The number of benzene rings is 2. The third-order valence-corrected chi connectivity index (χ3v) is 5.14. The summed E-state index contributed by atoms with van der Waals surface area (Å²) in [6.07, 6.45) is 3.03. The van der Waals surface area contributed by atoms with E-state index in [1.807, 2.05) is 60.8 Å². The van der Waals surface area contributed by atoms with Gasteiger partial charge in [-0.2, -0.15) is 0 Å². The van der Waals surface area contributed by atoms with Gasteiger partial charge in [-0.05, 0) is 24.3 Å². The summed E-state index contributed by atoms with van der Waals surface area (Å²) in [4.78, 5) is 19.6. The second-order valence-corrected chi connectivity index (χ2v) is 7.22. The first kappa shape index (κ1) is 19.3. The van der Waals surface area contributed by atoms with Crippen LogP contribution < -0.4 is 0 Å². The maximum atomic E-state index is 13.6. The summed E-state index contributed by atoms with van der Waals surface area (Å²) in [6.45, 7) is 1.63. The number of amides is 1. The smallest absolute Gasteiger partial charge is 0.255 e. The molecule has 0 saturated carbocycles. The zero-order valence-corrected chi connectivity index (χ0v) is 16.8. The van der Waals surface area contributed by atoms with Gasteiger partial charge in [0.2, 0.25) is 0 Å². The lowest BCUT2D eigenvalue weighted by atomic mass is 10.1. The minimum absolute atomic E-state index is 0.132. The third kappa shape index (κ3) is 4.16. The molecule has 3 heterocycles. The number of rotatable bonds is 6. The number of carbonyl (C=O) groups is 1. The van der Waals surface area contributed by atoms with Gasteiger partial charge in [0.1, 0.15) is 5.69 Å². The second kappa shape index (κ2) is 8.63. The van der Waals surface area contributed by atoms with Crippen LogP contribution in [0.3, 0.4) is 0 Å². The maximum absolute atomic E-state index is 13.6. The molecule has 1 aliphatic heterocycles. The summed E-state index contributed by atoms with van der Waals surface area (Å²) >= 11 is 0. The predicted molar refractivity (Wildman–Crippen MR) is 114 cm³/mol. The highest BCUT2D eigenvalue weighted by molar-refractivity contribution is 6.05. The van der Waals surface area contributed by atoms with Crippen molar-refractivity contribution in [3.63, 3.8) is 0 Å². The fourth-order valence-corrected chi connectivity index (χ4v) is 3.64. The van der Waals surface area contributed by atoms with Crippen LogP contribution in [-0.4, -0.2) is 56.8 Å². The van der Waals surface area contributed by atoms with Crippen LogP contribution in [0.25, 0.3) is 16.6 Å². The lowest BCUT2D eigenvalue weighted by molar-refractivity contribution is -0.0585. The average Bonchev–Trinajstić information content (AvgIpc) is 3.51. The molecule has 0 spiro atoms. The monoisotopic (exact) mass is 415 g/mol. The summed E-state index contributed by atoms with van der Waals surface area (Å²) in [7, 11) is 0. The Hall–Kier alpha value is -3.62. The highest BCUT2D eigenvalue weighted by atomic mass is 16.7. The molecule has 1 amide bonds. The number of hydrogen-bond donors (Lipinski definition) is 0. The summed E-state index contributed by atoms with van der Waals surface area (Å²) in [5, 5.41) is 9.29. The molecule has 5 rings (SSSR count). The number of fused-ring (bicyclic) bond motifs is 1. The van der Waals surface area contributed by atoms with Gasteiger partial charge in [0.05, 0.1) is 49.3 Å². The van der Waals surface area contributed by atoms with E-state index >= 15 is 0 Å². The van der Waals surface area contributed by atoms with Crippen LogP contribution >= 0.6 is 0 Å². The summed E-state index contributed by atoms with van der Waals surface area (Å²) < 4.78 is 12.9. The molecule has 0 N–H and O–H groups in total. The number of hydrogen-bond acceptors (Lipinski definition) is 6. The standard InChI is InChI=1S/C23H21N5O3/c29-23(20-10-11-24-21-9-5-4-8-19(20)21)27(16-22-30-12-13-31-22)14-17-15-28(26-25-17)18-6-2-1-3-7-18/h1-11,15,22H,12-14,16H2. The Balaban J connectivity index is 1.44. The Bertz CT molecular complexity index is 1180. The van der Waals surface area contributed by atoms with E-state index in [0.717, 1.165) is 16.6 Å². The van der Waals surface area contributed by atoms with Crippen molar-refractivity contribution in [2.45, 2.75) is 12.8 Å². The largest absolute Gasteiger partial charge is 0.348 e. The molecule has 0 unspecified atom stereocenters. The first-order chi connectivity index (χ1) is 15.3. The maximum Gasteiger partial charge on any atom is 0.255 e. The Morgan fingerprint density at radius 2 is 1.81 bits per heavy atom. The molecule has 0 aliphatic carbocycles. The van der Waals surface area contributed by atoms with Crippen molar-refractivity contribution in [1.82, 2.24) is 24.9 Å². The molecular weight excluding hydrogens is 394 g/mol. The van der Waals surface area contributed by atoms with Crippen molar-refractivity contribution in [3.8, 4) is 5.69 Å². The van der Waals surface area contributed by atoms with Crippen LogP contribution in [0.5, 0.6) is 0 Å². The van der Waals surface area contributed by atoms with Crippen molar-refractivity contribution in [2.75, 3.05) is 19.8 Å². The molecule has 1 aliphatic rings. The molecular formula is C23H21N5O3. The van der Waals surface area contributed by atoms with Gasteiger partial charge in [-0.15, -0.1) is 5.10 Å². The molecule has 2 aromatic carbocycles.